The molecule has 2 aliphatic carbocycles. The number of nitrogens with one attached hydrogen (secondary N) is 3. The Morgan fingerprint density at radius 1 is 1.21 bits per heavy atom. The van der Waals surface area contributed by atoms with Crippen LogP contribution >= 0.6 is 11.6 Å². The van der Waals surface area contributed by atoms with E-state index in [2.05, 4.69) is 28.3 Å². The van der Waals surface area contributed by atoms with Gasteiger partial charge in [-0.2, -0.15) is 0 Å². The van der Waals surface area contributed by atoms with E-state index in [1.807, 2.05) is 6.07 Å². The molecule has 2 saturated carbocycles. The van der Waals surface area contributed by atoms with Crippen molar-refractivity contribution in [2.24, 2.45) is 5.92 Å². The molecule has 8 heteroatoms. The molecule has 158 valence electrons. The SMILES string of the molecule is O=C1CN(CCCCCNNC2(c3ccc(Cl)c(OCC4CC4)c3)CC2)C(=O)N1. The summed E-state index contributed by atoms with van der Waals surface area (Å²) in [5.41, 5.74) is 8.02. The predicted octanol–water partition coefficient (Wildman–Crippen LogP) is 2.93. The van der Waals surface area contributed by atoms with Crippen LogP contribution in [0.3, 0.4) is 0 Å². The lowest BCUT2D eigenvalue weighted by molar-refractivity contribution is -0.118. The molecule has 1 heterocycles. The van der Waals surface area contributed by atoms with Crippen molar-refractivity contribution in [1.82, 2.24) is 21.1 Å². The van der Waals surface area contributed by atoms with Gasteiger partial charge in [-0.15, -0.1) is 0 Å². The first-order chi connectivity index (χ1) is 14.1. The Balaban J connectivity index is 1.16. The number of urea groups is 1. The zero-order chi connectivity index (χ0) is 20.3. The number of rotatable bonds is 12. The number of unbranched alkanes of at least 4 members (excludes halogenated alkanes) is 2. The number of benzene rings is 1. The lowest BCUT2D eigenvalue weighted by Crippen LogP contribution is -2.41. The average molecular weight is 421 g/mol. The van der Waals surface area contributed by atoms with Crippen LogP contribution in [-0.2, 0) is 10.3 Å². The van der Waals surface area contributed by atoms with Gasteiger partial charge >= 0.3 is 6.03 Å². The molecule has 0 unspecified atom stereocenters. The number of halogens is 1. The van der Waals surface area contributed by atoms with Crippen LogP contribution in [0.4, 0.5) is 4.79 Å². The molecular formula is C21H29ClN4O3. The molecule has 0 bridgehead atoms. The topological polar surface area (TPSA) is 82.7 Å². The molecule has 0 spiro atoms. The highest BCUT2D eigenvalue weighted by Gasteiger charge is 2.44. The monoisotopic (exact) mass is 420 g/mol. The van der Waals surface area contributed by atoms with Crippen molar-refractivity contribution in [3.8, 4) is 5.75 Å². The summed E-state index contributed by atoms with van der Waals surface area (Å²) in [4.78, 5) is 24.2. The van der Waals surface area contributed by atoms with Crippen LogP contribution in [0.5, 0.6) is 5.75 Å². The summed E-state index contributed by atoms with van der Waals surface area (Å²) < 4.78 is 5.92. The fourth-order valence-corrected chi connectivity index (χ4v) is 3.77. The maximum Gasteiger partial charge on any atom is 0.324 e. The summed E-state index contributed by atoms with van der Waals surface area (Å²) in [5.74, 6) is 1.28. The summed E-state index contributed by atoms with van der Waals surface area (Å²) in [6.07, 6.45) is 7.59. The third-order valence-corrected chi connectivity index (χ3v) is 6.14. The lowest BCUT2D eigenvalue weighted by atomic mass is 10.1. The first-order valence-corrected chi connectivity index (χ1v) is 11.0. The van der Waals surface area contributed by atoms with Crippen LogP contribution in [0.25, 0.3) is 0 Å². The van der Waals surface area contributed by atoms with Crippen LogP contribution in [0.1, 0.15) is 50.5 Å². The highest BCUT2D eigenvalue weighted by atomic mass is 35.5. The Hall–Kier alpha value is -1.83. The second kappa shape index (κ2) is 8.90. The number of carbonyl (C=O) groups is 2. The molecule has 0 radical (unpaired) electrons. The Kier molecular flexibility index (Phi) is 6.27. The molecule has 0 atom stereocenters. The second-order valence-corrected chi connectivity index (χ2v) is 8.78. The number of hydrazine groups is 1. The first kappa shape index (κ1) is 20.4. The van der Waals surface area contributed by atoms with Crippen LogP contribution in [0.2, 0.25) is 5.02 Å². The van der Waals surface area contributed by atoms with Gasteiger partial charge in [0.15, 0.2) is 0 Å². The summed E-state index contributed by atoms with van der Waals surface area (Å²) in [7, 11) is 0. The van der Waals surface area contributed by atoms with E-state index in [0.29, 0.717) is 17.5 Å². The lowest BCUT2D eigenvalue weighted by Gasteiger charge is -2.20. The zero-order valence-electron chi connectivity index (χ0n) is 16.6. The average Bonchev–Trinajstić information content (AvgIpc) is 3.61. The molecule has 1 aromatic rings. The van der Waals surface area contributed by atoms with Gasteiger partial charge in [0.2, 0.25) is 5.91 Å². The molecule has 29 heavy (non-hydrogen) atoms. The molecule has 3 fully saturated rings. The van der Waals surface area contributed by atoms with Crippen LogP contribution in [-0.4, -0.2) is 43.1 Å². The van der Waals surface area contributed by atoms with Gasteiger partial charge < -0.3 is 9.64 Å². The minimum absolute atomic E-state index is 0.0315. The van der Waals surface area contributed by atoms with E-state index in [4.69, 9.17) is 16.3 Å². The highest BCUT2D eigenvalue weighted by Crippen LogP contribution is 2.46. The van der Waals surface area contributed by atoms with E-state index in [1.165, 1.54) is 18.4 Å². The molecule has 7 nitrogen and oxygen atoms in total. The fraction of sp³-hybridized carbons (Fsp3) is 0.619. The molecule has 3 aliphatic rings. The van der Waals surface area contributed by atoms with E-state index in [1.54, 1.807) is 4.90 Å². The number of ether oxygens (including phenoxy) is 1. The molecule has 3 amide bonds. The zero-order valence-corrected chi connectivity index (χ0v) is 17.4. The third-order valence-electron chi connectivity index (χ3n) is 5.83. The van der Waals surface area contributed by atoms with Gasteiger partial charge in [-0.1, -0.05) is 24.1 Å². The van der Waals surface area contributed by atoms with E-state index >= 15 is 0 Å². The maximum atomic E-state index is 11.5. The Labute approximate surface area is 176 Å². The minimum Gasteiger partial charge on any atom is -0.492 e. The molecule has 3 N–H and O–H groups in total. The summed E-state index contributed by atoms with van der Waals surface area (Å²) in [6, 6.07) is 5.82. The van der Waals surface area contributed by atoms with Gasteiger partial charge in [-0.3, -0.25) is 15.5 Å². The van der Waals surface area contributed by atoms with Gasteiger partial charge in [0.25, 0.3) is 0 Å². The number of nitrogens with zero attached hydrogens (tertiary/aromatic N) is 1. The Morgan fingerprint density at radius 3 is 2.72 bits per heavy atom. The quantitative estimate of drug-likeness (QED) is 0.275. The van der Waals surface area contributed by atoms with E-state index in [0.717, 1.165) is 51.0 Å². The van der Waals surface area contributed by atoms with Gasteiger partial charge in [-0.05, 0) is 62.1 Å². The Morgan fingerprint density at radius 2 is 2.03 bits per heavy atom. The van der Waals surface area contributed by atoms with Crippen molar-refractivity contribution >= 4 is 23.5 Å². The van der Waals surface area contributed by atoms with E-state index in [-0.39, 0.29) is 24.0 Å². The number of carbonyl (C=O) groups excluding carboxylic acids is 2. The van der Waals surface area contributed by atoms with Crippen LogP contribution < -0.4 is 20.9 Å². The van der Waals surface area contributed by atoms with Gasteiger partial charge in [0, 0.05) is 13.1 Å². The van der Waals surface area contributed by atoms with Crippen molar-refractivity contribution in [2.75, 3.05) is 26.2 Å². The van der Waals surface area contributed by atoms with Crippen molar-refractivity contribution in [1.29, 1.82) is 0 Å². The molecule has 0 aromatic heterocycles. The van der Waals surface area contributed by atoms with Gasteiger partial charge in [0.1, 0.15) is 12.3 Å². The summed E-state index contributed by atoms with van der Waals surface area (Å²) >= 11 is 6.30. The van der Waals surface area contributed by atoms with Crippen molar-refractivity contribution in [3.05, 3.63) is 28.8 Å². The minimum atomic E-state index is -0.270. The van der Waals surface area contributed by atoms with Crippen molar-refractivity contribution in [2.45, 2.75) is 50.5 Å². The smallest absolute Gasteiger partial charge is 0.324 e. The third kappa shape index (κ3) is 5.41. The van der Waals surface area contributed by atoms with Gasteiger partial charge in [-0.25, -0.2) is 10.2 Å². The normalized spacial score (nSPS) is 20.1. The number of hydrogen-bond acceptors (Lipinski definition) is 5. The molecule has 1 saturated heterocycles. The highest BCUT2D eigenvalue weighted by molar-refractivity contribution is 6.32. The number of amides is 3. The van der Waals surface area contributed by atoms with Gasteiger partial charge in [0.05, 0.1) is 17.2 Å². The molecule has 4 rings (SSSR count). The molecule has 1 aromatic carbocycles. The summed E-state index contributed by atoms with van der Waals surface area (Å²) in [6.45, 7) is 2.43. The van der Waals surface area contributed by atoms with Crippen molar-refractivity contribution < 1.29 is 14.3 Å². The number of hydrogen-bond donors (Lipinski definition) is 3. The van der Waals surface area contributed by atoms with Crippen molar-refractivity contribution in [3.63, 3.8) is 0 Å². The maximum absolute atomic E-state index is 11.5. The van der Waals surface area contributed by atoms with Crippen LogP contribution in [0, 0.1) is 5.92 Å². The first-order valence-electron chi connectivity index (χ1n) is 10.6. The molecular weight excluding hydrogens is 392 g/mol. The van der Waals surface area contributed by atoms with E-state index < -0.39 is 0 Å². The second-order valence-electron chi connectivity index (χ2n) is 8.37. The largest absolute Gasteiger partial charge is 0.492 e. The van der Waals surface area contributed by atoms with Crippen LogP contribution in [0.15, 0.2) is 18.2 Å². The standard InChI is InChI=1S/C21H29ClN4O3/c22-17-7-6-16(12-18(17)29-14-15-4-5-15)21(8-9-21)25-23-10-2-1-3-11-26-13-19(27)24-20(26)28/h6-7,12,15,23,25H,1-5,8-11,13-14H2,(H,24,27,28). The predicted molar refractivity (Wildman–Crippen MR) is 111 cm³/mol. The Bertz CT molecular complexity index is 764. The summed E-state index contributed by atoms with van der Waals surface area (Å²) in [5, 5.41) is 2.97. The fourth-order valence-electron chi connectivity index (χ4n) is 3.60. The molecule has 1 aliphatic heterocycles. The van der Waals surface area contributed by atoms with E-state index in [9.17, 15) is 9.59 Å². The number of imide groups is 1.